The smallest absolute Gasteiger partial charge is 0.462 e. The third-order valence-electron chi connectivity index (χ3n) is 14.9. The van der Waals surface area contributed by atoms with Crippen LogP contribution in [-0.2, 0) is 65.4 Å². The van der Waals surface area contributed by atoms with Gasteiger partial charge in [0.1, 0.15) is 19.3 Å². The third-order valence-corrected chi connectivity index (χ3v) is 16.8. The Morgan fingerprint density at radius 3 is 1.06 bits per heavy atom. The summed E-state index contributed by atoms with van der Waals surface area (Å²) in [5.74, 6) is -0.707. The number of phosphoric acid groups is 2. The Morgan fingerprint density at radius 2 is 0.694 bits per heavy atom. The average Bonchev–Trinajstić information content (AvgIpc) is 3.49. The minimum Gasteiger partial charge on any atom is -0.462 e. The highest BCUT2D eigenvalue weighted by molar-refractivity contribution is 7.47. The highest BCUT2D eigenvalue weighted by Gasteiger charge is 2.30. The Balaban J connectivity index is 5.27. The number of carbonyl (C=O) groups is 4. The number of aliphatic hydroxyl groups is 1. The first-order chi connectivity index (χ1) is 40.9. The van der Waals surface area contributed by atoms with Crippen molar-refractivity contribution in [2.75, 3.05) is 39.6 Å². The minimum absolute atomic E-state index is 0.0842. The van der Waals surface area contributed by atoms with Crippen molar-refractivity contribution < 1.29 is 80.2 Å². The van der Waals surface area contributed by atoms with Crippen LogP contribution in [0.3, 0.4) is 0 Å². The van der Waals surface area contributed by atoms with Crippen molar-refractivity contribution >= 4 is 39.5 Å². The zero-order valence-corrected chi connectivity index (χ0v) is 56.2. The minimum atomic E-state index is -4.96. The normalized spacial score (nSPS) is 14.8. The summed E-state index contributed by atoms with van der Waals surface area (Å²) in [6, 6.07) is 0. The average molecular weight is 1250 g/mol. The molecule has 0 aliphatic carbocycles. The zero-order valence-electron chi connectivity index (χ0n) is 54.4. The number of carbonyl (C=O) groups excluding carboxylic acids is 4. The van der Waals surface area contributed by atoms with Gasteiger partial charge in [-0.1, -0.05) is 252 Å². The molecule has 0 aromatic heterocycles. The fourth-order valence-electron chi connectivity index (χ4n) is 9.31. The Hall–Kier alpha value is -2.46. The van der Waals surface area contributed by atoms with Gasteiger partial charge in [0.2, 0.25) is 0 Å². The van der Waals surface area contributed by atoms with Gasteiger partial charge in [0.25, 0.3) is 0 Å². The number of rotatable bonds is 63. The number of ether oxygens (including phenoxy) is 4. The van der Waals surface area contributed by atoms with E-state index >= 15 is 0 Å². The second kappa shape index (κ2) is 57.9. The van der Waals surface area contributed by atoms with Crippen LogP contribution >= 0.6 is 15.6 Å². The summed E-state index contributed by atoms with van der Waals surface area (Å²) in [5, 5.41) is 10.5. The highest BCUT2D eigenvalue weighted by Crippen LogP contribution is 2.45. The van der Waals surface area contributed by atoms with Crippen molar-refractivity contribution in [3.05, 3.63) is 24.3 Å². The first kappa shape index (κ1) is 82.5. The number of esters is 4. The lowest BCUT2D eigenvalue weighted by Gasteiger charge is -2.21. The second-order valence-electron chi connectivity index (χ2n) is 23.9. The maximum atomic E-state index is 13.0. The first-order valence-corrected chi connectivity index (χ1v) is 36.8. The Bertz CT molecular complexity index is 1760. The highest BCUT2D eigenvalue weighted by atomic mass is 31.2. The van der Waals surface area contributed by atoms with E-state index in [4.69, 9.17) is 37.0 Å². The van der Waals surface area contributed by atoms with Crippen molar-refractivity contribution in [2.24, 2.45) is 11.8 Å². The molecule has 0 aliphatic rings. The number of allylic oxidation sites excluding steroid dienone is 4. The Kier molecular flexibility index (Phi) is 56.3. The van der Waals surface area contributed by atoms with Crippen LogP contribution < -0.4 is 0 Å². The van der Waals surface area contributed by atoms with Crippen LogP contribution in [0.15, 0.2) is 24.3 Å². The van der Waals surface area contributed by atoms with Gasteiger partial charge in [-0.2, -0.15) is 0 Å². The van der Waals surface area contributed by atoms with Crippen molar-refractivity contribution in [1.82, 2.24) is 0 Å². The maximum absolute atomic E-state index is 13.0. The van der Waals surface area contributed by atoms with Crippen molar-refractivity contribution in [3.63, 3.8) is 0 Å². The molecule has 0 saturated carbocycles. The number of phosphoric ester groups is 2. The summed E-state index contributed by atoms with van der Waals surface area (Å²) in [6.45, 7) is 9.34. The van der Waals surface area contributed by atoms with Crippen LogP contribution in [0.2, 0.25) is 0 Å². The lowest BCUT2D eigenvalue weighted by Crippen LogP contribution is -2.30. The van der Waals surface area contributed by atoms with Crippen LogP contribution in [0.1, 0.15) is 305 Å². The number of hydrogen-bond donors (Lipinski definition) is 3. The molecule has 3 N–H and O–H groups in total. The van der Waals surface area contributed by atoms with Crippen LogP contribution in [0.5, 0.6) is 0 Å². The molecule has 0 saturated heterocycles. The molecule has 0 bridgehead atoms. The summed E-state index contributed by atoms with van der Waals surface area (Å²) >= 11 is 0. The summed E-state index contributed by atoms with van der Waals surface area (Å²) in [6.07, 6.45) is 44.0. The van der Waals surface area contributed by atoms with Crippen molar-refractivity contribution in [3.8, 4) is 0 Å². The molecule has 0 aromatic rings. The molecule has 500 valence electrons. The molecule has 0 aromatic carbocycles. The first-order valence-electron chi connectivity index (χ1n) is 33.8. The predicted octanol–water partition coefficient (Wildman–Crippen LogP) is 18.0. The Labute approximate surface area is 516 Å². The number of aliphatic hydroxyl groups excluding tert-OH is 1. The number of unbranched alkanes of at least 4 members (excludes halogenated alkanes) is 29. The van der Waals surface area contributed by atoms with Gasteiger partial charge in [-0.15, -0.1) is 0 Å². The van der Waals surface area contributed by atoms with Crippen LogP contribution in [0, 0.1) is 11.8 Å². The molecular weight excluding hydrogens is 1130 g/mol. The molecule has 3 unspecified atom stereocenters. The Morgan fingerprint density at radius 1 is 0.388 bits per heavy atom. The summed E-state index contributed by atoms with van der Waals surface area (Å²) in [5.41, 5.74) is 0. The molecule has 17 nitrogen and oxygen atoms in total. The topological polar surface area (TPSA) is 237 Å². The molecule has 0 rings (SSSR count). The molecule has 0 aliphatic heterocycles. The van der Waals surface area contributed by atoms with Gasteiger partial charge in [0, 0.05) is 25.7 Å². The third kappa shape index (κ3) is 59.0. The van der Waals surface area contributed by atoms with E-state index in [1.807, 2.05) is 0 Å². The van der Waals surface area contributed by atoms with E-state index in [9.17, 15) is 43.2 Å². The van der Waals surface area contributed by atoms with E-state index in [-0.39, 0.29) is 25.7 Å². The SMILES string of the molecule is CCCCCC/C=C\C=C/CCCCCCCC(=O)O[C@H](COC(=O)CCCCCCCCCCCC(C)C)COP(=O)(O)OC[C@@H](O)COP(=O)(O)OC[C@@H](COC(=O)CCCCCCCCCC)OC(=O)CCCCCCCCC(C)CC. The van der Waals surface area contributed by atoms with Crippen LogP contribution in [0.25, 0.3) is 0 Å². The van der Waals surface area contributed by atoms with E-state index in [1.54, 1.807) is 0 Å². The number of hydrogen-bond acceptors (Lipinski definition) is 15. The molecule has 19 heteroatoms. The molecule has 85 heavy (non-hydrogen) atoms. The molecule has 0 spiro atoms. The van der Waals surface area contributed by atoms with Gasteiger partial charge in [0.15, 0.2) is 12.2 Å². The van der Waals surface area contributed by atoms with Gasteiger partial charge in [0.05, 0.1) is 26.4 Å². The van der Waals surface area contributed by atoms with Gasteiger partial charge in [-0.05, 0) is 63.2 Å². The van der Waals surface area contributed by atoms with E-state index in [2.05, 4.69) is 65.8 Å². The molecule has 0 fully saturated rings. The van der Waals surface area contributed by atoms with E-state index in [0.29, 0.717) is 25.7 Å². The lowest BCUT2D eigenvalue weighted by molar-refractivity contribution is -0.161. The van der Waals surface area contributed by atoms with Crippen LogP contribution in [0.4, 0.5) is 0 Å². The molecule has 0 heterocycles. The second-order valence-corrected chi connectivity index (χ2v) is 26.8. The molecular formula is C66H124O17P2. The predicted molar refractivity (Wildman–Crippen MR) is 340 cm³/mol. The fourth-order valence-corrected chi connectivity index (χ4v) is 10.9. The van der Waals surface area contributed by atoms with E-state index in [1.165, 1.54) is 103 Å². The molecule has 0 amide bonds. The summed E-state index contributed by atoms with van der Waals surface area (Å²) < 4.78 is 68.0. The zero-order chi connectivity index (χ0) is 62.9. The molecule has 6 atom stereocenters. The molecule has 0 radical (unpaired) electrons. The quantitative estimate of drug-likeness (QED) is 0.0169. The van der Waals surface area contributed by atoms with Gasteiger partial charge >= 0.3 is 39.5 Å². The van der Waals surface area contributed by atoms with Crippen molar-refractivity contribution in [1.29, 1.82) is 0 Å². The van der Waals surface area contributed by atoms with E-state index in [0.717, 1.165) is 121 Å². The summed E-state index contributed by atoms with van der Waals surface area (Å²) in [4.78, 5) is 72.2. The largest absolute Gasteiger partial charge is 0.472 e. The van der Waals surface area contributed by atoms with Gasteiger partial charge in [-0.3, -0.25) is 37.3 Å². The summed E-state index contributed by atoms with van der Waals surface area (Å²) in [7, 11) is -9.90. The van der Waals surface area contributed by atoms with Gasteiger partial charge < -0.3 is 33.8 Å². The van der Waals surface area contributed by atoms with Gasteiger partial charge in [-0.25, -0.2) is 9.13 Å². The van der Waals surface area contributed by atoms with E-state index < -0.39 is 97.5 Å². The van der Waals surface area contributed by atoms with Crippen molar-refractivity contribution in [2.45, 2.75) is 323 Å². The monoisotopic (exact) mass is 1250 g/mol. The standard InChI is InChI=1S/C66H124O17P2/c1-7-10-12-14-16-18-19-20-21-22-23-26-31-38-44-50-65(70)82-61(54-77-64(69)49-43-37-30-27-24-25-28-34-40-46-58(4)5)56-80-84(72,73)78-52-60(67)53-79-85(74,75)81-57-62(55-76-63(68)48-42-36-29-17-15-13-11-8-2)83-66(71)51-45-39-33-32-35-41-47-59(6)9-3/h18-21,58-62,67H,7-17,22-57H2,1-6H3,(H,72,73)(H,74,75)/b19-18-,21-20-/t59?,60-,61-,62-/m1/s1. The van der Waals surface area contributed by atoms with Crippen LogP contribution in [-0.4, -0.2) is 96.7 Å². The lowest BCUT2D eigenvalue weighted by atomic mass is 10.00. The fraction of sp³-hybridized carbons (Fsp3) is 0.879. The maximum Gasteiger partial charge on any atom is 0.472 e.